The van der Waals surface area contributed by atoms with Crippen LogP contribution in [0, 0.1) is 0 Å². The summed E-state index contributed by atoms with van der Waals surface area (Å²) in [6.45, 7) is 6.82. The molecule has 1 atom stereocenters. The van der Waals surface area contributed by atoms with Crippen molar-refractivity contribution in [1.82, 2.24) is 24.9 Å². The van der Waals surface area contributed by atoms with E-state index in [9.17, 15) is 13.2 Å². The summed E-state index contributed by atoms with van der Waals surface area (Å²) in [6.07, 6.45) is -0.414. The van der Waals surface area contributed by atoms with E-state index in [0.29, 0.717) is 45.8 Å². The zero-order valence-electron chi connectivity index (χ0n) is 17.8. The van der Waals surface area contributed by atoms with Crippen LogP contribution in [0.4, 0.5) is 13.2 Å². The molecule has 0 saturated carbocycles. The van der Waals surface area contributed by atoms with Gasteiger partial charge < -0.3 is 10.2 Å². The average molecular weight is 550 g/mol. The van der Waals surface area contributed by atoms with Gasteiger partial charge in [-0.1, -0.05) is 30.3 Å². The minimum atomic E-state index is -4.19. The largest absolute Gasteiger partial charge is 0.403 e. The fraction of sp³-hybridized carbons (Fsp3) is 0.524. The standard InChI is InChI=1S/C21H29F3N6.HI/c1-3-25-20(29-11-9-28(10-12-29)17(2)21(22,23)24)26-13-19-14-27-30(16-19)15-18-7-5-4-6-8-18;/h4-8,14,16-17H,3,9-13,15H2,1-2H3,(H,25,26);1H. The minimum absolute atomic E-state index is 0. The molecule has 1 N–H and O–H groups in total. The smallest absolute Gasteiger partial charge is 0.357 e. The highest BCUT2D eigenvalue weighted by Crippen LogP contribution is 2.25. The molecular formula is C21H30F3IN6. The fourth-order valence-corrected chi connectivity index (χ4v) is 3.47. The summed E-state index contributed by atoms with van der Waals surface area (Å²) in [5.74, 6) is 0.729. The van der Waals surface area contributed by atoms with E-state index in [-0.39, 0.29) is 24.0 Å². The highest BCUT2D eigenvalue weighted by molar-refractivity contribution is 14.0. The van der Waals surface area contributed by atoms with Gasteiger partial charge in [-0.25, -0.2) is 4.99 Å². The Morgan fingerprint density at radius 1 is 1.13 bits per heavy atom. The molecule has 0 spiro atoms. The van der Waals surface area contributed by atoms with Crippen LogP contribution in [0.2, 0.25) is 0 Å². The van der Waals surface area contributed by atoms with Gasteiger partial charge in [-0.3, -0.25) is 9.58 Å². The first-order valence-corrected chi connectivity index (χ1v) is 10.3. The molecule has 2 aromatic rings. The zero-order chi connectivity index (χ0) is 21.6. The Bertz CT molecular complexity index is 816. The van der Waals surface area contributed by atoms with Crippen molar-refractivity contribution >= 4 is 29.9 Å². The number of alkyl halides is 3. The number of nitrogens with one attached hydrogen (secondary N) is 1. The van der Waals surface area contributed by atoms with E-state index in [1.165, 1.54) is 17.4 Å². The van der Waals surface area contributed by atoms with E-state index in [1.807, 2.05) is 40.9 Å². The third-order valence-corrected chi connectivity index (χ3v) is 5.26. The van der Waals surface area contributed by atoms with E-state index >= 15 is 0 Å². The second kappa shape index (κ2) is 11.7. The predicted molar refractivity (Wildman–Crippen MR) is 127 cm³/mol. The number of guanidine groups is 1. The number of aromatic nitrogens is 2. The molecule has 0 amide bonds. The second-order valence-electron chi connectivity index (χ2n) is 7.44. The van der Waals surface area contributed by atoms with Gasteiger partial charge in [0.1, 0.15) is 6.04 Å². The number of aliphatic imine (C=N–C) groups is 1. The van der Waals surface area contributed by atoms with Gasteiger partial charge in [0.25, 0.3) is 0 Å². The third kappa shape index (κ3) is 7.37. The zero-order valence-corrected chi connectivity index (χ0v) is 20.2. The SMILES string of the molecule is CCNC(=NCc1cnn(Cc2ccccc2)c1)N1CCN(C(C)C(F)(F)F)CC1.I. The Hall–Kier alpha value is -1.82. The molecule has 172 valence electrons. The fourth-order valence-electron chi connectivity index (χ4n) is 3.47. The lowest BCUT2D eigenvalue weighted by Gasteiger charge is -2.39. The van der Waals surface area contributed by atoms with Gasteiger partial charge in [-0.15, -0.1) is 24.0 Å². The Morgan fingerprint density at radius 2 is 1.81 bits per heavy atom. The molecule has 1 saturated heterocycles. The number of rotatable bonds is 6. The van der Waals surface area contributed by atoms with Crippen LogP contribution in [-0.2, 0) is 13.1 Å². The number of hydrogen-bond donors (Lipinski definition) is 1. The molecule has 1 aliphatic heterocycles. The molecule has 2 heterocycles. The van der Waals surface area contributed by atoms with Crippen molar-refractivity contribution in [3.05, 3.63) is 53.9 Å². The van der Waals surface area contributed by atoms with Crippen molar-refractivity contribution in [1.29, 1.82) is 0 Å². The molecule has 3 rings (SSSR count). The normalized spacial score (nSPS) is 16.7. The summed E-state index contributed by atoms with van der Waals surface area (Å²) in [6, 6.07) is 8.68. The van der Waals surface area contributed by atoms with Gasteiger partial charge in [-0.2, -0.15) is 18.3 Å². The monoisotopic (exact) mass is 550 g/mol. The van der Waals surface area contributed by atoms with Crippen molar-refractivity contribution in [3.8, 4) is 0 Å². The molecule has 0 bridgehead atoms. The van der Waals surface area contributed by atoms with Gasteiger partial charge in [0, 0.05) is 44.5 Å². The van der Waals surface area contributed by atoms with Crippen molar-refractivity contribution in [2.75, 3.05) is 32.7 Å². The van der Waals surface area contributed by atoms with Crippen LogP contribution in [0.3, 0.4) is 0 Å². The molecule has 1 aromatic carbocycles. The Kier molecular flexibility index (Phi) is 9.60. The molecule has 0 radical (unpaired) electrons. The van der Waals surface area contributed by atoms with Crippen LogP contribution < -0.4 is 5.32 Å². The molecule has 1 aliphatic rings. The van der Waals surface area contributed by atoms with Gasteiger partial charge in [0.2, 0.25) is 0 Å². The quantitative estimate of drug-likeness (QED) is 0.340. The van der Waals surface area contributed by atoms with Crippen LogP contribution in [0.5, 0.6) is 0 Å². The summed E-state index contributed by atoms with van der Waals surface area (Å²) < 4.78 is 40.8. The summed E-state index contributed by atoms with van der Waals surface area (Å²) in [5, 5.41) is 7.65. The van der Waals surface area contributed by atoms with Gasteiger partial charge in [0.15, 0.2) is 5.96 Å². The van der Waals surface area contributed by atoms with Crippen LogP contribution in [0.15, 0.2) is 47.7 Å². The lowest BCUT2D eigenvalue weighted by molar-refractivity contribution is -0.181. The van der Waals surface area contributed by atoms with Crippen molar-refractivity contribution in [2.24, 2.45) is 4.99 Å². The van der Waals surface area contributed by atoms with E-state index in [1.54, 1.807) is 6.20 Å². The van der Waals surface area contributed by atoms with E-state index in [4.69, 9.17) is 0 Å². The van der Waals surface area contributed by atoms with E-state index in [0.717, 1.165) is 11.5 Å². The maximum absolute atomic E-state index is 13.0. The van der Waals surface area contributed by atoms with Crippen LogP contribution in [-0.4, -0.2) is 70.5 Å². The summed E-state index contributed by atoms with van der Waals surface area (Å²) in [4.78, 5) is 8.19. The van der Waals surface area contributed by atoms with Crippen LogP contribution >= 0.6 is 24.0 Å². The van der Waals surface area contributed by atoms with Crippen LogP contribution in [0.1, 0.15) is 25.0 Å². The van der Waals surface area contributed by atoms with Crippen molar-refractivity contribution in [2.45, 2.75) is 39.2 Å². The molecule has 6 nitrogen and oxygen atoms in total. The topological polar surface area (TPSA) is 48.7 Å². The van der Waals surface area contributed by atoms with Gasteiger partial charge >= 0.3 is 6.18 Å². The highest BCUT2D eigenvalue weighted by atomic mass is 127. The third-order valence-electron chi connectivity index (χ3n) is 5.26. The second-order valence-corrected chi connectivity index (χ2v) is 7.44. The minimum Gasteiger partial charge on any atom is -0.357 e. The lowest BCUT2D eigenvalue weighted by atomic mass is 10.2. The van der Waals surface area contributed by atoms with Crippen molar-refractivity contribution in [3.63, 3.8) is 0 Å². The first kappa shape index (κ1) is 25.4. The molecule has 10 heteroatoms. The first-order valence-electron chi connectivity index (χ1n) is 10.3. The first-order chi connectivity index (χ1) is 14.4. The van der Waals surface area contributed by atoms with Crippen LogP contribution in [0.25, 0.3) is 0 Å². The maximum atomic E-state index is 13.0. The molecule has 1 fully saturated rings. The number of nitrogens with zero attached hydrogens (tertiary/aromatic N) is 5. The Morgan fingerprint density at radius 3 is 2.42 bits per heavy atom. The predicted octanol–water partition coefficient (Wildman–Crippen LogP) is 3.58. The van der Waals surface area contributed by atoms with Gasteiger partial charge in [0.05, 0.1) is 19.3 Å². The molecule has 0 aliphatic carbocycles. The average Bonchev–Trinajstić information content (AvgIpc) is 3.18. The Labute approximate surface area is 198 Å². The van der Waals surface area contributed by atoms with E-state index < -0.39 is 12.2 Å². The summed E-state index contributed by atoms with van der Waals surface area (Å²) in [5.41, 5.74) is 2.17. The highest BCUT2D eigenvalue weighted by Gasteiger charge is 2.41. The number of benzene rings is 1. The lowest BCUT2D eigenvalue weighted by Crippen LogP contribution is -2.56. The molecule has 1 aromatic heterocycles. The van der Waals surface area contributed by atoms with E-state index in [2.05, 4.69) is 27.5 Å². The number of halogens is 4. The molecule has 1 unspecified atom stereocenters. The Balaban J connectivity index is 0.00000341. The summed E-state index contributed by atoms with van der Waals surface area (Å²) in [7, 11) is 0. The van der Waals surface area contributed by atoms with Gasteiger partial charge in [-0.05, 0) is 19.4 Å². The molecular weight excluding hydrogens is 520 g/mol. The number of hydrogen-bond acceptors (Lipinski definition) is 3. The number of piperazine rings is 1. The maximum Gasteiger partial charge on any atom is 0.403 e. The molecule has 31 heavy (non-hydrogen) atoms. The summed E-state index contributed by atoms with van der Waals surface area (Å²) >= 11 is 0. The van der Waals surface area contributed by atoms with Crippen molar-refractivity contribution < 1.29 is 13.2 Å².